The molecule has 1 saturated carbocycles. The normalized spacial score (nSPS) is 19.3. The number of aromatic hydroxyl groups is 1. The maximum Gasteiger partial charge on any atom is 0.287 e. The third-order valence-electron chi connectivity index (χ3n) is 5.89. The number of hydrogen-bond donors (Lipinski definition) is 3. The summed E-state index contributed by atoms with van der Waals surface area (Å²) in [7, 11) is 0. The van der Waals surface area contributed by atoms with Crippen LogP contribution in [0.1, 0.15) is 36.7 Å². The van der Waals surface area contributed by atoms with Crippen molar-refractivity contribution < 1.29 is 28.2 Å². The first-order valence-corrected chi connectivity index (χ1v) is 11.0. The van der Waals surface area contributed by atoms with Gasteiger partial charge in [-0.25, -0.2) is 4.39 Å². The van der Waals surface area contributed by atoms with Crippen molar-refractivity contribution in [3.63, 3.8) is 0 Å². The smallest absolute Gasteiger partial charge is 0.287 e. The van der Waals surface area contributed by atoms with Crippen LogP contribution in [0.5, 0.6) is 11.5 Å². The van der Waals surface area contributed by atoms with Gasteiger partial charge < -0.3 is 24.9 Å². The van der Waals surface area contributed by atoms with E-state index in [-0.39, 0.29) is 51.8 Å². The molecule has 4 rings (SSSR count). The lowest BCUT2D eigenvalue weighted by Crippen LogP contribution is -2.63. The largest absolute Gasteiger partial charge is 0.508 e. The number of nitrogens with one attached hydrogen (secondary N) is 2. The molecule has 0 bridgehead atoms. The molecule has 2 amide bonds. The molecule has 0 radical (unpaired) electrons. The van der Waals surface area contributed by atoms with Crippen LogP contribution in [-0.4, -0.2) is 35.1 Å². The molecule has 0 atom stereocenters. The van der Waals surface area contributed by atoms with E-state index >= 15 is 0 Å². The summed E-state index contributed by atoms with van der Waals surface area (Å²) in [4.78, 5) is 37.3. The Morgan fingerprint density at radius 2 is 2.00 bits per heavy atom. The van der Waals surface area contributed by atoms with E-state index in [0.29, 0.717) is 19.3 Å². The van der Waals surface area contributed by atoms with Gasteiger partial charge in [0, 0.05) is 23.7 Å². The number of phenols is 1. The lowest BCUT2D eigenvalue weighted by Gasteiger charge is -2.47. The topological polar surface area (TPSA) is 118 Å². The summed E-state index contributed by atoms with van der Waals surface area (Å²) in [6, 6.07) is 8.90. The number of carbonyl (C=O) groups excluding carboxylic acids is 2. The molecule has 1 aliphatic carbocycles. The van der Waals surface area contributed by atoms with E-state index in [2.05, 4.69) is 10.6 Å². The first-order valence-electron chi connectivity index (χ1n) is 10.6. The third-order valence-corrected chi connectivity index (χ3v) is 6.20. The Bertz CT molecular complexity index is 1320. The van der Waals surface area contributed by atoms with Gasteiger partial charge in [-0.05, 0) is 49.6 Å². The first kappa shape index (κ1) is 23.6. The van der Waals surface area contributed by atoms with Gasteiger partial charge >= 0.3 is 0 Å². The van der Waals surface area contributed by atoms with Gasteiger partial charge in [0.25, 0.3) is 11.8 Å². The Morgan fingerprint density at radius 3 is 2.71 bits per heavy atom. The van der Waals surface area contributed by atoms with E-state index in [1.807, 2.05) is 6.92 Å². The Morgan fingerprint density at radius 1 is 1.24 bits per heavy atom. The summed E-state index contributed by atoms with van der Waals surface area (Å²) < 4.78 is 24.3. The molecule has 1 fully saturated rings. The van der Waals surface area contributed by atoms with Crippen molar-refractivity contribution in [2.24, 2.45) is 0 Å². The molecule has 178 valence electrons. The van der Waals surface area contributed by atoms with Crippen molar-refractivity contribution in [1.82, 2.24) is 10.6 Å². The molecule has 34 heavy (non-hydrogen) atoms. The van der Waals surface area contributed by atoms with Gasteiger partial charge in [-0.1, -0.05) is 18.5 Å². The minimum absolute atomic E-state index is 0.0357. The summed E-state index contributed by atoms with van der Waals surface area (Å²) in [5.74, 6) is -1.57. The molecule has 8 nitrogen and oxygen atoms in total. The van der Waals surface area contributed by atoms with Gasteiger partial charge in [-0.15, -0.1) is 0 Å². The van der Waals surface area contributed by atoms with Crippen molar-refractivity contribution in [2.75, 3.05) is 6.61 Å². The lowest BCUT2D eigenvalue weighted by molar-refractivity contribution is -0.124. The zero-order valence-electron chi connectivity index (χ0n) is 18.2. The molecule has 1 aromatic heterocycles. The summed E-state index contributed by atoms with van der Waals surface area (Å²) in [5.41, 5.74) is -0.801. The van der Waals surface area contributed by atoms with Gasteiger partial charge in [0.2, 0.25) is 0 Å². The Hall–Kier alpha value is -3.59. The number of benzene rings is 2. The monoisotopic (exact) mass is 488 g/mol. The zero-order chi connectivity index (χ0) is 24.5. The van der Waals surface area contributed by atoms with E-state index in [4.69, 9.17) is 20.8 Å². The first-order chi connectivity index (χ1) is 16.2. The zero-order valence-corrected chi connectivity index (χ0v) is 18.9. The molecule has 0 spiro atoms. The standard InChI is InChI=1S/C24H22ClFN2O6/c1-2-24(28-23(32)21-9-19(30)16-7-14(29)3-6-20(16)34-21)10-13(11-24)27-22(31)12-33-15-4-5-17(25)18(26)8-15/h3-9,13,29H,2,10-12H2,1H3,(H,27,31)(H,28,32). The van der Waals surface area contributed by atoms with Crippen LogP contribution in [-0.2, 0) is 4.79 Å². The number of halogens is 2. The molecule has 1 heterocycles. The van der Waals surface area contributed by atoms with E-state index < -0.39 is 22.7 Å². The van der Waals surface area contributed by atoms with Gasteiger partial charge in [0.15, 0.2) is 17.8 Å². The van der Waals surface area contributed by atoms with Gasteiger partial charge in [-0.2, -0.15) is 0 Å². The third kappa shape index (κ3) is 4.99. The van der Waals surface area contributed by atoms with Crippen LogP contribution in [0.25, 0.3) is 11.0 Å². The average Bonchev–Trinajstić information content (AvgIpc) is 2.78. The molecule has 3 N–H and O–H groups in total. The minimum Gasteiger partial charge on any atom is -0.508 e. The number of ether oxygens (including phenoxy) is 1. The highest BCUT2D eigenvalue weighted by molar-refractivity contribution is 6.30. The van der Waals surface area contributed by atoms with Crippen LogP contribution in [0.4, 0.5) is 4.39 Å². The number of hydrogen-bond acceptors (Lipinski definition) is 6. The van der Waals surface area contributed by atoms with Crippen molar-refractivity contribution >= 4 is 34.4 Å². The van der Waals surface area contributed by atoms with Crippen molar-refractivity contribution in [3.05, 3.63) is 69.3 Å². The molecular weight excluding hydrogens is 467 g/mol. The fraction of sp³-hybridized carbons (Fsp3) is 0.292. The molecule has 2 aromatic carbocycles. The quantitative estimate of drug-likeness (QED) is 0.468. The predicted molar refractivity (Wildman–Crippen MR) is 123 cm³/mol. The second-order valence-corrected chi connectivity index (χ2v) is 8.69. The molecule has 3 aromatic rings. The number of amides is 2. The molecular formula is C24H22ClFN2O6. The van der Waals surface area contributed by atoms with Crippen LogP contribution >= 0.6 is 11.6 Å². The SMILES string of the molecule is CCC1(NC(=O)c2cc(=O)c3cc(O)ccc3o2)CC(NC(=O)COc2ccc(Cl)c(F)c2)C1. The van der Waals surface area contributed by atoms with E-state index in [1.165, 1.54) is 30.3 Å². The lowest BCUT2D eigenvalue weighted by atomic mass is 9.70. The Kier molecular flexibility index (Phi) is 6.47. The summed E-state index contributed by atoms with van der Waals surface area (Å²) >= 11 is 5.62. The second-order valence-electron chi connectivity index (χ2n) is 8.28. The molecule has 1 aliphatic rings. The van der Waals surface area contributed by atoms with Gasteiger partial charge in [-0.3, -0.25) is 14.4 Å². The highest BCUT2D eigenvalue weighted by Crippen LogP contribution is 2.35. The minimum atomic E-state index is -0.637. The summed E-state index contributed by atoms with van der Waals surface area (Å²) in [6.45, 7) is 1.62. The van der Waals surface area contributed by atoms with Crippen LogP contribution in [0.2, 0.25) is 5.02 Å². The van der Waals surface area contributed by atoms with E-state index in [9.17, 15) is 23.9 Å². The van der Waals surface area contributed by atoms with Crippen LogP contribution in [0.3, 0.4) is 0 Å². The summed E-state index contributed by atoms with van der Waals surface area (Å²) in [5, 5.41) is 15.4. The van der Waals surface area contributed by atoms with Gasteiger partial charge in [0.05, 0.1) is 10.4 Å². The summed E-state index contributed by atoms with van der Waals surface area (Å²) in [6.07, 6.45) is 1.59. The molecule has 0 aliphatic heterocycles. The van der Waals surface area contributed by atoms with Gasteiger partial charge in [0.1, 0.15) is 22.9 Å². The predicted octanol–water partition coefficient (Wildman–Crippen LogP) is 3.53. The highest BCUT2D eigenvalue weighted by atomic mass is 35.5. The van der Waals surface area contributed by atoms with Crippen molar-refractivity contribution in [2.45, 2.75) is 37.8 Å². The number of rotatable bonds is 7. The Labute approximate surface area is 198 Å². The van der Waals surface area contributed by atoms with Crippen molar-refractivity contribution in [3.8, 4) is 11.5 Å². The van der Waals surface area contributed by atoms with Crippen molar-refractivity contribution in [1.29, 1.82) is 0 Å². The number of phenolic OH excluding ortho intramolecular Hbond substituents is 1. The molecule has 0 unspecified atom stereocenters. The fourth-order valence-corrected chi connectivity index (χ4v) is 4.13. The average molecular weight is 489 g/mol. The fourth-order valence-electron chi connectivity index (χ4n) is 4.01. The maximum atomic E-state index is 13.5. The number of fused-ring (bicyclic) bond motifs is 1. The van der Waals surface area contributed by atoms with E-state index in [0.717, 1.165) is 12.1 Å². The van der Waals surface area contributed by atoms with E-state index in [1.54, 1.807) is 0 Å². The van der Waals surface area contributed by atoms with Crippen LogP contribution in [0.15, 0.2) is 51.7 Å². The molecule has 0 saturated heterocycles. The number of carbonyl (C=O) groups is 2. The van der Waals surface area contributed by atoms with Crippen LogP contribution < -0.4 is 20.8 Å². The Balaban J connectivity index is 1.33. The van der Waals surface area contributed by atoms with Crippen LogP contribution in [0, 0.1) is 5.82 Å². The molecule has 10 heteroatoms. The maximum absolute atomic E-state index is 13.5. The second kappa shape index (κ2) is 9.34. The highest BCUT2D eigenvalue weighted by Gasteiger charge is 2.45.